The molecule has 0 radical (unpaired) electrons. The van der Waals surface area contributed by atoms with Crippen LogP contribution >= 0.6 is 11.8 Å². The van der Waals surface area contributed by atoms with Crippen LogP contribution in [0.1, 0.15) is 42.4 Å². The Balaban J connectivity index is 1.43. The van der Waals surface area contributed by atoms with E-state index in [0.717, 1.165) is 60.7 Å². The molecular formula is C31H42N6O2S. The molecule has 40 heavy (non-hydrogen) atoms. The van der Waals surface area contributed by atoms with Crippen molar-refractivity contribution < 1.29 is 9.53 Å². The second kappa shape index (κ2) is 13.4. The topological polar surface area (TPSA) is 73.8 Å². The number of anilines is 2. The van der Waals surface area contributed by atoms with Crippen molar-refractivity contribution in [3.63, 3.8) is 0 Å². The number of ether oxygens (including phenoxy) is 1. The van der Waals surface area contributed by atoms with Crippen LogP contribution in [-0.4, -0.2) is 81.2 Å². The van der Waals surface area contributed by atoms with Crippen LogP contribution < -0.4 is 19.9 Å². The summed E-state index contributed by atoms with van der Waals surface area (Å²) in [6, 6.07) is 18.2. The zero-order valence-electron chi connectivity index (χ0n) is 24.6. The van der Waals surface area contributed by atoms with Crippen molar-refractivity contribution in [1.29, 1.82) is 0 Å². The lowest BCUT2D eigenvalue weighted by atomic mass is 9.92. The zero-order valence-corrected chi connectivity index (χ0v) is 25.4. The van der Waals surface area contributed by atoms with E-state index in [1.807, 2.05) is 49.3 Å². The van der Waals surface area contributed by atoms with Crippen molar-refractivity contribution in [3.05, 3.63) is 71.4 Å². The van der Waals surface area contributed by atoms with Crippen LogP contribution in [-0.2, 0) is 11.2 Å². The van der Waals surface area contributed by atoms with Crippen LogP contribution in [0.4, 0.5) is 11.5 Å². The molecule has 0 bridgehead atoms. The number of likely N-dealkylation sites (N-methyl/N-ethyl adjacent to an activating group) is 1. The maximum Gasteiger partial charge on any atom is 0.251 e. The number of aromatic nitrogens is 2. The average Bonchev–Trinajstić information content (AvgIpc) is 2.95. The van der Waals surface area contributed by atoms with Crippen LogP contribution in [0.25, 0.3) is 0 Å². The Hall–Kier alpha value is -3.30. The molecule has 1 saturated heterocycles. The predicted molar refractivity (Wildman–Crippen MR) is 165 cm³/mol. The first-order valence-corrected chi connectivity index (χ1v) is 14.8. The Labute approximate surface area is 243 Å². The van der Waals surface area contributed by atoms with Crippen LogP contribution in [0.2, 0.25) is 0 Å². The van der Waals surface area contributed by atoms with Gasteiger partial charge in [-0.15, -0.1) is 0 Å². The van der Waals surface area contributed by atoms with Gasteiger partial charge in [0.2, 0.25) is 0 Å². The van der Waals surface area contributed by atoms with Crippen LogP contribution in [0, 0.1) is 0 Å². The highest BCUT2D eigenvalue weighted by molar-refractivity contribution is 7.98. The largest absolute Gasteiger partial charge is 0.497 e. The van der Waals surface area contributed by atoms with Gasteiger partial charge in [-0.25, -0.2) is 9.97 Å². The van der Waals surface area contributed by atoms with E-state index >= 15 is 0 Å². The van der Waals surface area contributed by atoms with Gasteiger partial charge in [0.1, 0.15) is 11.6 Å². The fourth-order valence-electron chi connectivity index (χ4n) is 4.46. The molecule has 0 atom stereocenters. The van der Waals surface area contributed by atoms with E-state index in [-0.39, 0.29) is 11.3 Å². The number of thioether (sulfide) groups is 1. The van der Waals surface area contributed by atoms with Crippen molar-refractivity contribution >= 4 is 29.2 Å². The Morgan fingerprint density at radius 2 is 1.70 bits per heavy atom. The Kier molecular flexibility index (Phi) is 9.92. The van der Waals surface area contributed by atoms with Gasteiger partial charge in [0.25, 0.3) is 5.91 Å². The molecule has 0 spiro atoms. The van der Waals surface area contributed by atoms with Crippen molar-refractivity contribution in [2.75, 3.05) is 70.3 Å². The molecule has 1 aliphatic rings. The van der Waals surface area contributed by atoms with E-state index in [0.29, 0.717) is 17.9 Å². The third kappa shape index (κ3) is 8.11. The highest BCUT2D eigenvalue weighted by Crippen LogP contribution is 2.29. The molecule has 1 N–H and O–H groups in total. The molecule has 214 valence electrons. The summed E-state index contributed by atoms with van der Waals surface area (Å²) >= 11 is 1.62. The van der Waals surface area contributed by atoms with Gasteiger partial charge in [0, 0.05) is 67.8 Å². The zero-order chi connectivity index (χ0) is 28.7. The number of piperazine rings is 1. The number of amides is 1. The van der Waals surface area contributed by atoms with E-state index in [4.69, 9.17) is 14.7 Å². The molecule has 0 unspecified atom stereocenters. The highest BCUT2D eigenvalue weighted by atomic mass is 32.2. The molecule has 1 fully saturated rings. The number of nitrogens with one attached hydrogen (secondary N) is 1. The number of benzene rings is 2. The average molecular weight is 563 g/mol. The van der Waals surface area contributed by atoms with Gasteiger partial charge < -0.3 is 24.8 Å². The summed E-state index contributed by atoms with van der Waals surface area (Å²) in [5.41, 5.74) is 3.90. The third-order valence-corrected chi connectivity index (χ3v) is 7.82. The van der Waals surface area contributed by atoms with Gasteiger partial charge in [-0.3, -0.25) is 4.79 Å². The van der Waals surface area contributed by atoms with Crippen LogP contribution in [0.3, 0.4) is 0 Å². The number of carbonyl (C=O) groups is 1. The molecule has 2 aromatic carbocycles. The Bertz CT molecular complexity index is 1270. The summed E-state index contributed by atoms with van der Waals surface area (Å²) in [6.07, 6.45) is 0. The Morgan fingerprint density at radius 3 is 2.35 bits per heavy atom. The molecule has 8 nitrogen and oxygen atoms in total. The lowest BCUT2D eigenvalue weighted by Gasteiger charge is -2.37. The van der Waals surface area contributed by atoms with Gasteiger partial charge in [0.05, 0.1) is 12.8 Å². The van der Waals surface area contributed by atoms with Crippen molar-refractivity contribution in [1.82, 2.24) is 20.2 Å². The van der Waals surface area contributed by atoms with E-state index in [2.05, 4.69) is 60.2 Å². The molecule has 1 aliphatic heterocycles. The quantitative estimate of drug-likeness (QED) is 0.282. The Morgan fingerprint density at radius 1 is 1.00 bits per heavy atom. The smallest absolute Gasteiger partial charge is 0.251 e. The molecule has 3 aromatic rings. The maximum atomic E-state index is 12.6. The normalized spacial score (nSPS) is 14.0. The fraction of sp³-hybridized carbons (Fsp3) is 0.452. The summed E-state index contributed by atoms with van der Waals surface area (Å²) < 4.78 is 5.30. The predicted octanol–water partition coefficient (Wildman–Crippen LogP) is 4.69. The molecule has 9 heteroatoms. The minimum absolute atomic E-state index is 0.0456. The monoisotopic (exact) mass is 562 g/mol. The molecule has 0 saturated carbocycles. The second-order valence-corrected chi connectivity index (χ2v) is 12.3. The summed E-state index contributed by atoms with van der Waals surface area (Å²) in [5.74, 6) is 2.50. The van der Waals surface area contributed by atoms with Crippen LogP contribution in [0.5, 0.6) is 5.75 Å². The van der Waals surface area contributed by atoms with Gasteiger partial charge >= 0.3 is 0 Å². The number of carbonyl (C=O) groups excluding carboxylic acids is 1. The van der Waals surface area contributed by atoms with Crippen molar-refractivity contribution in [3.8, 4) is 5.75 Å². The molecule has 2 heterocycles. The van der Waals surface area contributed by atoms with Gasteiger partial charge in [0.15, 0.2) is 5.16 Å². The SMILES string of the molecule is COc1ccc(N2CCN(c3cc(C(C)(C)C)nc(SCc4cccc(C(=O)NCCN(C)C)c4)n3)CC2)cc1. The molecular weight excluding hydrogens is 520 g/mol. The summed E-state index contributed by atoms with van der Waals surface area (Å²) in [7, 11) is 5.68. The fourth-order valence-corrected chi connectivity index (χ4v) is 5.25. The van der Waals surface area contributed by atoms with Crippen molar-refractivity contribution in [2.45, 2.75) is 37.1 Å². The first kappa shape index (κ1) is 29.7. The molecule has 1 aromatic heterocycles. The van der Waals surface area contributed by atoms with E-state index in [1.165, 1.54) is 5.69 Å². The molecule has 0 aliphatic carbocycles. The van der Waals surface area contributed by atoms with E-state index < -0.39 is 0 Å². The first-order chi connectivity index (χ1) is 19.1. The second-order valence-electron chi connectivity index (χ2n) is 11.4. The number of nitrogens with zero attached hydrogens (tertiary/aromatic N) is 5. The standard InChI is InChI=1S/C31H42N6O2S/c1-31(2,3)27-21-28(37-18-16-36(17-19-37)25-10-12-26(39-6)13-11-25)34-30(33-27)40-22-23-8-7-9-24(20-23)29(38)32-14-15-35(4)5/h7-13,20-21H,14-19,22H2,1-6H3,(H,32,38). The minimum Gasteiger partial charge on any atom is -0.497 e. The lowest BCUT2D eigenvalue weighted by Crippen LogP contribution is -2.47. The summed E-state index contributed by atoms with van der Waals surface area (Å²) in [5, 5.41) is 3.76. The number of hydrogen-bond donors (Lipinski definition) is 1. The molecule has 4 rings (SSSR count). The van der Waals surface area contributed by atoms with Crippen LogP contribution in [0.15, 0.2) is 59.8 Å². The number of hydrogen-bond acceptors (Lipinski definition) is 8. The highest BCUT2D eigenvalue weighted by Gasteiger charge is 2.23. The number of rotatable bonds is 10. The maximum absolute atomic E-state index is 12.6. The first-order valence-electron chi connectivity index (χ1n) is 13.8. The molecule has 1 amide bonds. The third-order valence-electron chi connectivity index (χ3n) is 6.90. The summed E-state index contributed by atoms with van der Waals surface area (Å²) in [4.78, 5) is 29.3. The van der Waals surface area contributed by atoms with Crippen molar-refractivity contribution in [2.24, 2.45) is 0 Å². The minimum atomic E-state index is -0.0948. The van der Waals surface area contributed by atoms with Gasteiger partial charge in [-0.05, 0) is 56.1 Å². The van der Waals surface area contributed by atoms with Gasteiger partial charge in [-0.1, -0.05) is 44.7 Å². The number of methoxy groups -OCH3 is 1. The van der Waals surface area contributed by atoms with E-state index in [1.54, 1.807) is 18.9 Å². The summed E-state index contributed by atoms with van der Waals surface area (Å²) in [6.45, 7) is 11.6. The van der Waals surface area contributed by atoms with Gasteiger partial charge in [-0.2, -0.15) is 0 Å². The lowest BCUT2D eigenvalue weighted by molar-refractivity contribution is 0.0951. The van der Waals surface area contributed by atoms with E-state index in [9.17, 15) is 4.79 Å².